The molecule has 0 bridgehead atoms. The third-order valence-corrected chi connectivity index (χ3v) is 3.87. The van der Waals surface area contributed by atoms with Crippen LogP contribution in [0.1, 0.15) is 26.3 Å². The van der Waals surface area contributed by atoms with Gasteiger partial charge in [-0.15, -0.1) is 0 Å². The minimum atomic E-state index is -1.14. The lowest BCUT2D eigenvalue weighted by Crippen LogP contribution is -2.34. The molecule has 0 radical (unpaired) electrons. The number of rotatable bonds is 5. The quantitative estimate of drug-likeness (QED) is 0.404. The second-order valence-electron chi connectivity index (χ2n) is 5.34. The molecular formula is C17H15N3O6S. The summed E-state index contributed by atoms with van der Waals surface area (Å²) in [6.07, 6.45) is 0. The molecule has 10 heteroatoms. The molecule has 0 atom stereocenters. The number of ether oxygens (including phenoxy) is 1. The van der Waals surface area contributed by atoms with Gasteiger partial charge in [0.05, 0.1) is 23.3 Å². The van der Waals surface area contributed by atoms with E-state index in [1.54, 1.807) is 0 Å². The standard InChI is InChI=1S/C17H15N3O6S/c1-9-11(4-3-5-13(9)20(24)25)15(21)19-17(27)18-12-8-10(16(22)23)6-7-14(12)26-2/h3-8H,1-2H3,(H,22,23)(H2,18,19,21,27). The van der Waals surface area contributed by atoms with Crippen LogP contribution in [-0.2, 0) is 0 Å². The maximum absolute atomic E-state index is 12.4. The molecular weight excluding hydrogens is 374 g/mol. The molecule has 2 aromatic carbocycles. The molecule has 0 heterocycles. The number of benzene rings is 2. The van der Waals surface area contributed by atoms with Crippen LogP contribution in [-0.4, -0.2) is 34.1 Å². The van der Waals surface area contributed by atoms with E-state index in [0.717, 1.165) is 0 Å². The molecule has 0 aliphatic carbocycles. The highest BCUT2D eigenvalue weighted by Crippen LogP contribution is 2.26. The number of anilines is 1. The van der Waals surface area contributed by atoms with Crippen LogP contribution in [0, 0.1) is 17.0 Å². The number of carbonyl (C=O) groups excluding carboxylic acids is 1. The minimum Gasteiger partial charge on any atom is -0.495 e. The van der Waals surface area contributed by atoms with Crippen LogP contribution in [0.2, 0.25) is 0 Å². The van der Waals surface area contributed by atoms with E-state index in [-0.39, 0.29) is 33.2 Å². The number of aromatic carboxylic acids is 1. The third kappa shape index (κ3) is 4.55. The number of nitrogens with zero attached hydrogens (tertiary/aromatic N) is 1. The Bertz CT molecular complexity index is 944. The number of thiocarbonyl (C=S) groups is 1. The van der Waals surface area contributed by atoms with Crippen molar-refractivity contribution < 1.29 is 24.4 Å². The lowest BCUT2D eigenvalue weighted by Gasteiger charge is -2.14. The topological polar surface area (TPSA) is 131 Å². The van der Waals surface area contributed by atoms with Gasteiger partial charge in [-0.2, -0.15) is 0 Å². The van der Waals surface area contributed by atoms with Crippen molar-refractivity contribution in [1.29, 1.82) is 0 Å². The fourth-order valence-electron chi connectivity index (χ4n) is 2.33. The Hall–Kier alpha value is -3.53. The van der Waals surface area contributed by atoms with Crippen LogP contribution in [0.3, 0.4) is 0 Å². The zero-order valence-corrected chi connectivity index (χ0v) is 15.1. The molecule has 2 rings (SSSR count). The monoisotopic (exact) mass is 389 g/mol. The van der Waals surface area contributed by atoms with E-state index in [0.29, 0.717) is 5.75 Å². The Morgan fingerprint density at radius 2 is 1.96 bits per heavy atom. The van der Waals surface area contributed by atoms with Gasteiger partial charge in [-0.25, -0.2) is 4.79 Å². The number of hydrogen-bond acceptors (Lipinski definition) is 6. The summed E-state index contributed by atoms with van der Waals surface area (Å²) < 4.78 is 5.13. The van der Waals surface area contributed by atoms with E-state index in [1.807, 2.05) is 0 Å². The third-order valence-electron chi connectivity index (χ3n) is 3.67. The Morgan fingerprint density at radius 1 is 1.26 bits per heavy atom. The van der Waals surface area contributed by atoms with Crippen LogP contribution in [0.15, 0.2) is 36.4 Å². The normalized spacial score (nSPS) is 10.0. The van der Waals surface area contributed by atoms with E-state index in [1.165, 1.54) is 50.4 Å². The average molecular weight is 389 g/mol. The van der Waals surface area contributed by atoms with E-state index in [4.69, 9.17) is 22.1 Å². The van der Waals surface area contributed by atoms with Gasteiger partial charge in [-0.1, -0.05) is 6.07 Å². The fraction of sp³-hybridized carbons (Fsp3) is 0.118. The molecule has 0 aliphatic heterocycles. The Morgan fingerprint density at radius 3 is 2.56 bits per heavy atom. The maximum atomic E-state index is 12.4. The average Bonchev–Trinajstić information content (AvgIpc) is 2.61. The summed E-state index contributed by atoms with van der Waals surface area (Å²) in [5, 5.41) is 25.0. The minimum absolute atomic E-state index is 0.00181. The van der Waals surface area contributed by atoms with Gasteiger partial charge < -0.3 is 15.2 Å². The summed E-state index contributed by atoms with van der Waals surface area (Å²) in [5.74, 6) is -1.45. The molecule has 0 spiro atoms. The van der Waals surface area contributed by atoms with Gasteiger partial charge in [-0.3, -0.25) is 20.2 Å². The molecule has 0 aromatic heterocycles. The van der Waals surface area contributed by atoms with Crippen molar-refractivity contribution in [2.45, 2.75) is 6.92 Å². The molecule has 0 aliphatic rings. The van der Waals surface area contributed by atoms with Gasteiger partial charge in [-0.05, 0) is 43.4 Å². The second-order valence-corrected chi connectivity index (χ2v) is 5.74. The Balaban J connectivity index is 2.20. The highest BCUT2D eigenvalue weighted by molar-refractivity contribution is 7.80. The number of nitro benzene ring substituents is 1. The number of carboxylic acids is 1. The Labute approximate surface area is 159 Å². The molecule has 140 valence electrons. The van der Waals surface area contributed by atoms with Gasteiger partial charge in [0, 0.05) is 17.2 Å². The summed E-state index contributed by atoms with van der Waals surface area (Å²) in [6.45, 7) is 1.46. The molecule has 0 saturated carbocycles. The van der Waals surface area contributed by atoms with E-state index in [2.05, 4.69) is 10.6 Å². The Kier molecular flexibility index (Phi) is 6.03. The van der Waals surface area contributed by atoms with E-state index >= 15 is 0 Å². The van der Waals surface area contributed by atoms with Gasteiger partial charge in [0.2, 0.25) is 0 Å². The predicted octanol–water partition coefficient (Wildman–Crippen LogP) is 2.74. The summed E-state index contributed by atoms with van der Waals surface area (Å²) in [5.41, 5.74) is 0.366. The smallest absolute Gasteiger partial charge is 0.335 e. The zero-order valence-electron chi connectivity index (χ0n) is 14.3. The molecule has 0 fully saturated rings. The first-order valence-corrected chi connectivity index (χ1v) is 7.93. The first-order valence-electron chi connectivity index (χ1n) is 7.52. The van der Waals surface area contributed by atoms with E-state index < -0.39 is 16.8 Å². The molecule has 2 aromatic rings. The highest BCUT2D eigenvalue weighted by Gasteiger charge is 2.19. The highest BCUT2D eigenvalue weighted by atomic mass is 32.1. The zero-order chi connectivity index (χ0) is 20.1. The largest absolute Gasteiger partial charge is 0.495 e. The number of carboxylic acid groups (broad SMARTS) is 1. The molecule has 27 heavy (non-hydrogen) atoms. The first-order chi connectivity index (χ1) is 12.7. The summed E-state index contributed by atoms with van der Waals surface area (Å²) >= 11 is 5.08. The van der Waals surface area contributed by atoms with Crippen molar-refractivity contribution in [2.24, 2.45) is 0 Å². The van der Waals surface area contributed by atoms with Crippen molar-refractivity contribution in [2.75, 3.05) is 12.4 Å². The van der Waals surface area contributed by atoms with E-state index in [9.17, 15) is 19.7 Å². The molecule has 9 nitrogen and oxygen atoms in total. The van der Waals surface area contributed by atoms with Crippen molar-refractivity contribution in [1.82, 2.24) is 5.32 Å². The van der Waals surface area contributed by atoms with Crippen molar-refractivity contribution in [3.63, 3.8) is 0 Å². The lowest BCUT2D eigenvalue weighted by atomic mass is 10.1. The van der Waals surface area contributed by atoms with Gasteiger partial charge in [0.25, 0.3) is 11.6 Å². The molecule has 3 N–H and O–H groups in total. The predicted molar refractivity (Wildman–Crippen MR) is 101 cm³/mol. The SMILES string of the molecule is COc1ccc(C(=O)O)cc1NC(=S)NC(=O)c1cccc([N+](=O)[O-])c1C. The molecule has 0 unspecified atom stereocenters. The fourth-order valence-corrected chi connectivity index (χ4v) is 2.53. The summed E-state index contributed by atoms with van der Waals surface area (Å²) in [6, 6.07) is 8.24. The number of methoxy groups -OCH3 is 1. The first kappa shape index (κ1) is 19.8. The van der Waals surface area contributed by atoms with Gasteiger partial charge in [0.1, 0.15) is 5.75 Å². The van der Waals surface area contributed by atoms with Gasteiger partial charge in [0.15, 0.2) is 5.11 Å². The summed E-state index contributed by atoms with van der Waals surface area (Å²) in [4.78, 5) is 33.9. The second kappa shape index (κ2) is 8.23. The van der Waals surface area contributed by atoms with Crippen LogP contribution in [0.25, 0.3) is 0 Å². The van der Waals surface area contributed by atoms with Crippen molar-refractivity contribution in [3.05, 3.63) is 63.2 Å². The van der Waals surface area contributed by atoms with Crippen LogP contribution >= 0.6 is 12.2 Å². The van der Waals surface area contributed by atoms with Crippen LogP contribution < -0.4 is 15.4 Å². The lowest BCUT2D eigenvalue weighted by molar-refractivity contribution is -0.385. The van der Waals surface area contributed by atoms with Crippen LogP contribution in [0.4, 0.5) is 11.4 Å². The van der Waals surface area contributed by atoms with Gasteiger partial charge >= 0.3 is 5.97 Å². The van der Waals surface area contributed by atoms with Crippen LogP contribution in [0.5, 0.6) is 5.75 Å². The number of nitro groups is 1. The maximum Gasteiger partial charge on any atom is 0.335 e. The number of amides is 1. The molecule has 1 amide bonds. The number of carbonyl (C=O) groups is 2. The molecule has 0 saturated heterocycles. The van der Waals surface area contributed by atoms with Crippen molar-refractivity contribution >= 4 is 40.6 Å². The number of nitrogens with one attached hydrogen (secondary N) is 2. The number of hydrogen-bond donors (Lipinski definition) is 3. The summed E-state index contributed by atoms with van der Waals surface area (Å²) in [7, 11) is 1.40. The van der Waals surface area contributed by atoms with Crippen molar-refractivity contribution in [3.8, 4) is 5.75 Å².